The van der Waals surface area contributed by atoms with E-state index in [1.54, 1.807) is 13.8 Å². The van der Waals surface area contributed by atoms with Crippen LogP contribution in [-0.4, -0.2) is 51.5 Å². The third-order valence-corrected chi connectivity index (χ3v) is 10.3. The van der Waals surface area contributed by atoms with Gasteiger partial charge in [0.15, 0.2) is 17.1 Å². The Hall–Kier alpha value is -2.33. The summed E-state index contributed by atoms with van der Waals surface area (Å²) < 4.78 is 57.5. The second-order valence-corrected chi connectivity index (χ2v) is 12.0. The van der Waals surface area contributed by atoms with E-state index < -0.39 is 75.0 Å². The lowest BCUT2D eigenvalue weighted by atomic mass is 9.44. The van der Waals surface area contributed by atoms with Gasteiger partial charge in [0.2, 0.25) is 10.9 Å². The van der Waals surface area contributed by atoms with E-state index >= 15 is 8.78 Å². The highest BCUT2D eigenvalue weighted by molar-refractivity contribution is 8.13. The average Bonchev–Trinajstić information content (AvgIpc) is 3.45. The monoisotopic (exact) mass is 538 g/mol. The minimum absolute atomic E-state index is 0.00739. The number of hydrogen-bond acceptors (Lipinski definition) is 7. The van der Waals surface area contributed by atoms with Crippen LogP contribution in [0, 0.1) is 28.6 Å². The summed E-state index contributed by atoms with van der Waals surface area (Å²) >= 11 is 0.352. The van der Waals surface area contributed by atoms with Gasteiger partial charge in [0.05, 0.1) is 12.4 Å². The van der Waals surface area contributed by atoms with Gasteiger partial charge >= 0.3 is 5.97 Å². The minimum Gasteiger partial charge on any atom is -0.457 e. The first kappa shape index (κ1) is 26.3. The van der Waals surface area contributed by atoms with Crippen molar-refractivity contribution in [2.24, 2.45) is 28.6 Å². The number of rotatable bonds is 4. The number of allylic oxidation sites excluding steroid dienone is 4. The summed E-state index contributed by atoms with van der Waals surface area (Å²) in [6.07, 6.45) is 1.16. The smallest absolute Gasteiger partial charge is 0.375 e. The fourth-order valence-corrected chi connectivity index (χ4v) is 8.76. The van der Waals surface area contributed by atoms with E-state index in [9.17, 15) is 23.9 Å². The molecular weight excluding hydrogens is 509 g/mol. The largest absolute Gasteiger partial charge is 0.457 e. The first-order valence-corrected chi connectivity index (χ1v) is 13.3. The Morgan fingerprint density at radius 2 is 2.00 bits per heavy atom. The van der Waals surface area contributed by atoms with Crippen LogP contribution in [-0.2, 0) is 14.3 Å². The average molecular weight is 539 g/mol. The number of hydrogen-bond donors (Lipinski definition) is 1. The van der Waals surface area contributed by atoms with Gasteiger partial charge in [0, 0.05) is 22.7 Å². The lowest BCUT2D eigenvalue weighted by Gasteiger charge is -2.63. The molecule has 10 heteroatoms. The molecule has 0 aromatic carbocycles. The summed E-state index contributed by atoms with van der Waals surface area (Å²) in [4.78, 5) is 38.7. The van der Waals surface area contributed by atoms with Crippen molar-refractivity contribution in [3.8, 4) is 0 Å². The first-order valence-electron chi connectivity index (χ1n) is 12.3. The maximum atomic E-state index is 17.4. The Labute approximate surface area is 216 Å². The van der Waals surface area contributed by atoms with Crippen molar-refractivity contribution in [3.63, 3.8) is 0 Å². The number of ketones is 1. The van der Waals surface area contributed by atoms with Gasteiger partial charge in [0.1, 0.15) is 12.2 Å². The number of furan rings is 1. The maximum Gasteiger partial charge on any atom is 0.375 e. The molecule has 0 bridgehead atoms. The van der Waals surface area contributed by atoms with Crippen LogP contribution >= 0.6 is 11.8 Å². The number of esters is 1. The molecule has 6 nitrogen and oxygen atoms in total. The molecule has 4 aliphatic carbocycles. The van der Waals surface area contributed by atoms with Crippen LogP contribution in [0.3, 0.4) is 0 Å². The van der Waals surface area contributed by atoms with Crippen molar-refractivity contribution in [2.45, 2.75) is 63.6 Å². The molecular formula is C27H29F3O6S. The standard InChI is InChI=1S/C27H29F3O6S/c1-14-9-16-17-11-19(29)18-10-15(31)6-7-24(18,2)26(17,30)21(32)12-25(16,3)27(14,23(34)37-13-28)36-22(33)20-5-4-8-35-20/h4-8,10,14,16-17,19,21,32H,9,11-13H2,1-3H3/t14-,16+,17+,19+,21+,24+,25+,26?,27+/m1/s1. The van der Waals surface area contributed by atoms with Crippen molar-refractivity contribution < 1.29 is 41.8 Å². The van der Waals surface area contributed by atoms with Gasteiger partial charge in [-0.15, -0.1) is 0 Å². The van der Waals surface area contributed by atoms with Crippen molar-refractivity contribution in [1.29, 1.82) is 0 Å². The van der Waals surface area contributed by atoms with E-state index in [-0.39, 0.29) is 30.6 Å². The molecule has 1 aromatic rings. The number of carbonyl (C=O) groups is 3. The second-order valence-electron chi connectivity index (χ2n) is 11.1. The number of aliphatic hydroxyl groups excluding tert-OH is 1. The van der Waals surface area contributed by atoms with Crippen LogP contribution in [0.2, 0.25) is 0 Å². The summed E-state index contributed by atoms with van der Waals surface area (Å²) in [6, 6.07) is 1.78. The van der Waals surface area contributed by atoms with E-state index in [0.29, 0.717) is 11.8 Å². The van der Waals surface area contributed by atoms with E-state index in [2.05, 4.69) is 0 Å². The third-order valence-electron chi connectivity index (χ3n) is 9.63. The molecule has 0 amide bonds. The normalized spacial score (nSPS) is 44.5. The summed E-state index contributed by atoms with van der Waals surface area (Å²) in [6.45, 7) is 4.79. The van der Waals surface area contributed by atoms with Gasteiger partial charge < -0.3 is 14.3 Å². The molecule has 1 heterocycles. The number of aliphatic hydroxyl groups is 1. The highest BCUT2D eigenvalue weighted by atomic mass is 32.2. The van der Waals surface area contributed by atoms with Crippen molar-refractivity contribution in [2.75, 3.05) is 6.01 Å². The molecule has 4 aliphatic rings. The zero-order chi connectivity index (χ0) is 27.0. The van der Waals surface area contributed by atoms with Crippen molar-refractivity contribution in [1.82, 2.24) is 0 Å². The number of fused-ring (bicyclic) bond motifs is 5. The van der Waals surface area contributed by atoms with Crippen LogP contribution in [0.25, 0.3) is 0 Å². The predicted octanol–water partition coefficient (Wildman–Crippen LogP) is 4.93. The minimum atomic E-state index is -2.35. The Morgan fingerprint density at radius 3 is 2.65 bits per heavy atom. The van der Waals surface area contributed by atoms with Crippen LogP contribution < -0.4 is 0 Å². The number of halogens is 3. The Morgan fingerprint density at radius 1 is 1.27 bits per heavy atom. The summed E-state index contributed by atoms with van der Waals surface area (Å²) in [5.74, 6) is -3.98. The van der Waals surface area contributed by atoms with E-state index in [4.69, 9.17) is 9.15 Å². The third kappa shape index (κ3) is 3.27. The fraction of sp³-hybridized carbons (Fsp3) is 0.593. The van der Waals surface area contributed by atoms with Gasteiger partial charge in [-0.05, 0) is 73.7 Å². The van der Waals surface area contributed by atoms with Crippen molar-refractivity contribution >= 4 is 28.6 Å². The Bertz CT molecular complexity index is 1200. The van der Waals surface area contributed by atoms with E-state index in [1.807, 2.05) is 0 Å². The molecule has 3 saturated carbocycles. The fourth-order valence-electron chi connectivity index (χ4n) is 7.97. The molecule has 1 unspecified atom stereocenters. The predicted molar refractivity (Wildman–Crippen MR) is 129 cm³/mol. The lowest BCUT2D eigenvalue weighted by molar-refractivity contribution is -0.221. The maximum absolute atomic E-state index is 17.4. The van der Waals surface area contributed by atoms with Gasteiger partial charge in [0.25, 0.3) is 0 Å². The first-order chi connectivity index (χ1) is 17.4. The molecule has 1 N–H and O–H groups in total. The second kappa shape index (κ2) is 8.59. The van der Waals surface area contributed by atoms with Crippen LogP contribution in [0.4, 0.5) is 13.2 Å². The molecule has 200 valence electrons. The number of ether oxygens (including phenoxy) is 1. The molecule has 0 aliphatic heterocycles. The molecule has 1 aromatic heterocycles. The Balaban J connectivity index is 1.64. The van der Waals surface area contributed by atoms with Crippen LogP contribution in [0.5, 0.6) is 0 Å². The molecule has 0 radical (unpaired) electrons. The lowest BCUT2D eigenvalue weighted by Crippen LogP contribution is -2.70. The summed E-state index contributed by atoms with van der Waals surface area (Å²) in [5, 5.41) is 10.7. The highest BCUT2D eigenvalue weighted by Crippen LogP contribution is 2.72. The van der Waals surface area contributed by atoms with Crippen molar-refractivity contribution in [3.05, 3.63) is 48.0 Å². The van der Waals surface area contributed by atoms with E-state index in [1.165, 1.54) is 37.5 Å². The Kier molecular flexibility index (Phi) is 6.10. The van der Waals surface area contributed by atoms with Crippen LogP contribution in [0.1, 0.15) is 50.6 Å². The van der Waals surface area contributed by atoms with Crippen LogP contribution in [0.15, 0.2) is 46.6 Å². The zero-order valence-corrected chi connectivity index (χ0v) is 21.5. The zero-order valence-electron chi connectivity index (χ0n) is 20.7. The quantitative estimate of drug-likeness (QED) is 0.544. The van der Waals surface area contributed by atoms with Gasteiger partial charge in [-0.3, -0.25) is 9.59 Å². The number of carbonyl (C=O) groups excluding carboxylic acids is 3. The molecule has 3 fully saturated rings. The molecule has 37 heavy (non-hydrogen) atoms. The topological polar surface area (TPSA) is 93.8 Å². The molecule has 9 atom stereocenters. The highest BCUT2D eigenvalue weighted by Gasteiger charge is 2.78. The number of alkyl halides is 3. The van der Waals surface area contributed by atoms with Gasteiger partial charge in [-0.25, -0.2) is 18.0 Å². The number of thioether (sulfide) groups is 1. The summed E-state index contributed by atoms with van der Waals surface area (Å²) in [7, 11) is 0. The molecule has 0 saturated heterocycles. The van der Waals surface area contributed by atoms with E-state index in [0.717, 1.165) is 6.08 Å². The summed E-state index contributed by atoms with van der Waals surface area (Å²) in [5.41, 5.74) is -7.19. The van der Waals surface area contributed by atoms with Gasteiger partial charge in [-0.1, -0.05) is 19.9 Å². The molecule has 5 rings (SSSR count). The molecule has 0 spiro atoms. The van der Waals surface area contributed by atoms with Gasteiger partial charge in [-0.2, -0.15) is 0 Å². The SMILES string of the molecule is C[C@@H]1C[C@H]2[C@@H]3C[C@H](F)C4=CC(=O)C=C[C@]4(C)C3(F)[C@@H](O)C[C@]2(C)[C@@]1(OC(=O)c1ccco1)C(=O)SCF.